The number of fused-ring (bicyclic) bond motifs is 1. The maximum atomic E-state index is 12.7. The Hall–Kier alpha value is -2.25. The number of hydrogen-bond acceptors (Lipinski definition) is 5. The van der Waals surface area contributed by atoms with E-state index in [1.54, 1.807) is 4.90 Å². The van der Waals surface area contributed by atoms with Gasteiger partial charge in [0.05, 0.1) is 0 Å². The van der Waals surface area contributed by atoms with Gasteiger partial charge in [0.25, 0.3) is 5.91 Å². The van der Waals surface area contributed by atoms with Crippen LogP contribution in [0.1, 0.15) is 60.0 Å². The first-order valence-corrected chi connectivity index (χ1v) is 10.7. The fraction of sp³-hybridized carbons (Fsp3) is 0.591. The molecule has 2 fully saturated rings. The van der Waals surface area contributed by atoms with Crippen molar-refractivity contribution >= 4 is 17.7 Å². The first kappa shape index (κ1) is 20.0. The van der Waals surface area contributed by atoms with E-state index < -0.39 is 6.04 Å². The number of nitrogens with one attached hydrogen (secondary N) is 3. The quantitative estimate of drug-likeness (QED) is 0.629. The Kier molecular flexibility index (Phi) is 5.96. The number of piperidine rings is 1. The highest BCUT2D eigenvalue weighted by Crippen LogP contribution is 2.28. The lowest BCUT2D eigenvalue weighted by molar-refractivity contribution is -0.136. The summed E-state index contributed by atoms with van der Waals surface area (Å²) in [5.41, 5.74) is 2.79. The molecule has 1 aromatic rings. The summed E-state index contributed by atoms with van der Waals surface area (Å²) in [4.78, 5) is 37.9. The number of nitrogens with zero attached hydrogens (tertiary/aromatic N) is 1. The summed E-state index contributed by atoms with van der Waals surface area (Å²) >= 11 is 0. The van der Waals surface area contributed by atoms with E-state index >= 15 is 0 Å². The summed E-state index contributed by atoms with van der Waals surface area (Å²) in [5, 5.41) is 9.29. The van der Waals surface area contributed by atoms with Crippen molar-refractivity contribution in [2.24, 2.45) is 5.92 Å². The van der Waals surface area contributed by atoms with Gasteiger partial charge in [0.15, 0.2) is 0 Å². The molecule has 4 rings (SSSR count). The predicted molar refractivity (Wildman–Crippen MR) is 109 cm³/mol. The highest BCUT2D eigenvalue weighted by Gasteiger charge is 2.39. The zero-order chi connectivity index (χ0) is 20.4. The molecule has 0 radical (unpaired) electrons. The minimum absolute atomic E-state index is 0.115. The van der Waals surface area contributed by atoms with E-state index in [1.807, 2.05) is 19.2 Å². The van der Waals surface area contributed by atoms with Gasteiger partial charge in [-0.1, -0.05) is 12.1 Å². The van der Waals surface area contributed by atoms with Gasteiger partial charge in [-0.2, -0.15) is 0 Å². The molecule has 1 unspecified atom stereocenters. The van der Waals surface area contributed by atoms with Crippen molar-refractivity contribution in [3.63, 3.8) is 0 Å². The monoisotopic (exact) mass is 398 g/mol. The lowest BCUT2D eigenvalue weighted by Gasteiger charge is -2.29. The average molecular weight is 399 g/mol. The number of hydrogen-bond donors (Lipinski definition) is 3. The molecule has 29 heavy (non-hydrogen) atoms. The third-order valence-electron chi connectivity index (χ3n) is 6.61. The van der Waals surface area contributed by atoms with Crippen molar-refractivity contribution < 1.29 is 14.4 Å². The number of rotatable bonds is 6. The SMILES string of the molecule is CNC1CCC(CNCc2ccc3c(c2)CN(C2CCC(=O)NC2=O)C3=O)CC1. The molecule has 1 saturated carbocycles. The smallest absolute Gasteiger partial charge is 0.255 e. The Morgan fingerprint density at radius 2 is 1.90 bits per heavy atom. The van der Waals surface area contributed by atoms with Gasteiger partial charge < -0.3 is 15.5 Å². The predicted octanol–water partition coefficient (Wildman–Crippen LogP) is 1.32. The summed E-state index contributed by atoms with van der Waals surface area (Å²) in [5.74, 6) is -0.00516. The number of benzene rings is 1. The van der Waals surface area contributed by atoms with Crippen molar-refractivity contribution in [3.05, 3.63) is 34.9 Å². The Balaban J connectivity index is 1.32. The summed E-state index contributed by atoms with van der Waals surface area (Å²) < 4.78 is 0. The van der Waals surface area contributed by atoms with Crippen molar-refractivity contribution in [2.45, 2.75) is 63.7 Å². The third-order valence-corrected chi connectivity index (χ3v) is 6.61. The van der Waals surface area contributed by atoms with E-state index in [0.29, 0.717) is 24.6 Å². The molecule has 7 nitrogen and oxygen atoms in total. The molecule has 7 heteroatoms. The van der Waals surface area contributed by atoms with Crippen LogP contribution in [0, 0.1) is 5.92 Å². The molecule has 0 aromatic heterocycles. The van der Waals surface area contributed by atoms with Gasteiger partial charge in [-0.05, 0) is 68.8 Å². The van der Waals surface area contributed by atoms with Crippen LogP contribution in [-0.2, 0) is 22.7 Å². The highest BCUT2D eigenvalue weighted by molar-refractivity contribution is 6.05. The molecular formula is C22H30N4O3. The van der Waals surface area contributed by atoms with Crippen LogP contribution in [0.15, 0.2) is 18.2 Å². The van der Waals surface area contributed by atoms with Crippen LogP contribution in [0.2, 0.25) is 0 Å². The van der Waals surface area contributed by atoms with Crippen LogP contribution in [0.25, 0.3) is 0 Å². The highest BCUT2D eigenvalue weighted by atomic mass is 16.2. The second-order valence-electron chi connectivity index (χ2n) is 8.53. The van der Waals surface area contributed by atoms with Crippen molar-refractivity contribution in [2.75, 3.05) is 13.6 Å². The molecule has 3 N–H and O–H groups in total. The molecule has 1 aromatic carbocycles. The molecular weight excluding hydrogens is 368 g/mol. The second-order valence-corrected chi connectivity index (χ2v) is 8.53. The van der Waals surface area contributed by atoms with Crippen molar-refractivity contribution in [1.82, 2.24) is 20.9 Å². The summed E-state index contributed by atoms with van der Waals surface area (Å²) in [7, 11) is 2.04. The lowest BCUT2D eigenvalue weighted by atomic mass is 9.86. The van der Waals surface area contributed by atoms with Gasteiger partial charge in [0.1, 0.15) is 6.04 Å². The summed E-state index contributed by atoms with van der Waals surface area (Å²) in [6.45, 7) is 2.24. The van der Waals surface area contributed by atoms with E-state index in [4.69, 9.17) is 0 Å². The Morgan fingerprint density at radius 3 is 2.62 bits per heavy atom. The molecule has 1 saturated heterocycles. The number of imide groups is 1. The maximum Gasteiger partial charge on any atom is 0.255 e. The summed E-state index contributed by atoms with van der Waals surface area (Å²) in [6.07, 6.45) is 5.70. The zero-order valence-corrected chi connectivity index (χ0v) is 17.0. The number of amides is 3. The fourth-order valence-corrected chi connectivity index (χ4v) is 4.81. The minimum Gasteiger partial charge on any atom is -0.322 e. The Bertz CT molecular complexity index is 801. The maximum absolute atomic E-state index is 12.7. The van der Waals surface area contributed by atoms with E-state index in [2.05, 4.69) is 22.0 Å². The summed E-state index contributed by atoms with van der Waals surface area (Å²) in [6, 6.07) is 6.06. The van der Waals surface area contributed by atoms with E-state index in [0.717, 1.165) is 30.1 Å². The average Bonchev–Trinajstić information content (AvgIpc) is 3.04. The Morgan fingerprint density at radius 1 is 1.10 bits per heavy atom. The Labute approximate surface area is 171 Å². The molecule has 2 aliphatic heterocycles. The largest absolute Gasteiger partial charge is 0.322 e. The minimum atomic E-state index is -0.554. The molecule has 2 heterocycles. The van der Waals surface area contributed by atoms with Crippen LogP contribution in [0.5, 0.6) is 0 Å². The standard InChI is InChI=1S/C22H30N4O3/c1-23-17-5-2-14(3-6-17)11-24-12-15-4-7-18-16(10-15)13-26(22(18)29)19-8-9-20(27)25-21(19)28/h4,7,10,14,17,19,23-24H,2-3,5-6,8-9,11-13H2,1H3,(H,25,27,28). The van der Waals surface area contributed by atoms with Crippen molar-refractivity contribution in [3.8, 4) is 0 Å². The van der Waals surface area contributed by atoms with Crippen molar-refractivity contribution in [1.29, 1.82) is 0 Å². The molecule has 1 aliphatic carbocycles. The topological polar surface area (TPSA) is 90.5 Å². The van der Waals surface area contributed by atoms with Crippen LogP contribution in [-0.4, -0.2) is 48.3 Å². The van der Waals surface area contributed by atoms with Gasteiger partial charge in [-0.3, -0.25) is 19.7 Å². The van der Waals surface area contributed by atoms with Crippen LogP contribution >= 0.6 is 0 Å². The lowest BCUT2D eigenvalue weighted by Crippen LogP contribution is -2.52. The number of carbonyl (C=O) groups is 3. The third kappa shape index (κ3) is 4.36. The van der Waals surface area contributed by atoms with Crippen LogP contribution in [0.4, 0.5) is 0 Å². The molecule has 156 valence electrons. The molecule has 0 bridgehead atoms. The van der Waals surface area contributed by atoms with Gasteiger partial charge in [-0.15, -0.1) is 0 Å². The zero-order valence-electron chi connectivity index (χ0n) is 17.0. The van der Waals surface area contributed by atoms with E-state index in [1.165, 1.54) is 25.7 Å². The molecule has 1 atom stereocenters. The first-order chi connectivity index (χ1) is 14.0. The van der Waals surface area contributed by atoms with Gasteiger partial charge in [0.2, 0.25) is 11.8 Å². The van der Waals surface area contributed by atoms with Gasteiger partial charge in [0, 0.05) is 31.1 Å². The molecule has 0 spiro atoms. The first-order valence-electron chi connectivity index (χ1n) is 10.7. The van der Waals surface area contributed by atoms with Crippen LogP contribution < -0.4 is 16.0 Å². The van der Waals surface area contributed by atoms with E-state index in [9.17, 15) is 14.4 Å². The van der Waals surface area contributed by atoms with Crippen LogP contribution in [0.3, 0.4) is 0 Å². The molecule has 3 aliphatic rings. The van der Waals surface area contributed by atoms with Gasteiger partial charge >= 0.3 is 0 Å². The second kappa shape index (κ2) is 8.63. The van der Waals surface area contributed by atoms with Gasteiger partial charge in [-0.25, -0.2) is 0 Å². The fourth-order valence-electron chi connectivity index (χ4n) is 4.81. The normalized spacial score (nSPS) is 27.1. The van der Waals surface area contributed by atoms with E-state index in [-0.39, 0.29) is 24.1 Å². The number of carbonyl (C=O) groups excluding carboxylic acids is 3. The molecule has 3 amide bonds.